The molecule has 2 aromatic rings. The molecule has 1 aromatic carbocycles. The van der Waals surface area contributed by atoms with Gasteiger partial charge < -0.3 is 5.11 Å². The van der Waals surface area contributed by atoms with E-state index in [2.05, 4.69) is 4.37 Å². The third-order valence-electron chi connectivity index (χ3n) is 2.28. The summed E-state index contributed by atoms with van der Waals surface area (Å²) in [6.07, 6.45) is -4.74. The Hall–Kier alpha value is -1.60. The van der Waals surface area contributed by atoms with Gasteiger partial charge in [0.25, 0.3) is 0 Å². The zero-order valence-corrected chi connectivity index (χ0v) is 10.6. The Morgan fingerprint density at radius 3 is 2.32 bits per heavy atom. The Morgan fingerprint density at radius 1 is 1.26 bits per heavy atom. The smallest absolute Gasteiger partial charge is 0.428 e. The standard InChI is InChI=1S/C11H5ClF3NO2S/c12-6-3-1-5(2-4-6)8-7(10(17)18)9(19-16-8)11(13,14)15/h1-4H,(H,17,18). The molecule has 100 valence electrons. The van der Waals surface area contributed by atoms with Crippen LogP contribution in [0.15, 0.2) is 24.3 Å². The van der Waals surface area contributed by atoms with Gasteiger partial charge in [0.1, 0.15) is 10.4 Å². The number of carboxylic acids is 1. The predicted octanol–water partition coefficient (Wildman–Crippen LogP) is 4.18. The molecule has 0 aliphatic heterocycles. The fraction of sp³-hybridized carbons (Fsp3) is 0.0909. The molecule has 0 aliphatic rings. The van der Waals surface area contributed by atoms with Gasteiger partial charge in [-0.3, -0.25) is 0 Å². The number of carbonyl (C=O) groups is 1. The molecule has 0 unspecified atom stereocenters. The van der Waals surface area contributed by atoms with E-state index in [0.29, 0.717) is 5.02 Å². The number of hydrogen-bond acceptors (Lipinski definition) is 3. The second-order valence-electron chi connectivity index (χ2n) is 3.55. The third-order valence-corrected chi connectivity index (χ3v) is 3.43. The van der Waals surface area contributed by atoms with Crippen LogP contribution in [0.3, 0.4) is 0 Å². The molecule has 0 fully saturated rings. The third kappa shape index (κ3) is 2.71. The number of alkyl halides is 3. The lowest BCUT2D eigenvalue weighted by Crippen LogP contribution is -2.10. The fourth-order valence-corrected chi connectivity index (χ4v) is 2.37. The van der Waals surface area contributed by atoms with Gasteiger partial charge in [-0.1, -0.05) is 23.7 Å². The molecule has 2 rings (SSSR count). The van der Waals surface area contributed by atoms with Crippen molar-refractivity contribution in [1.82, 2.24) is 4.37 Å². The molecular weight excluding hydrogens is 303 g/mol. The van der Waals surface area contributed by atoms with Crippen molar-refractivity contribution in [2.24, 2.45) is 0 Å². The van der Waals surface area contributed by atoms with Crippen molar-refractivity contribution in [3.05, 3.63) is 39.7 Å². The number of aromatic nitrogens is 1. The van der Waals surface area contributed by atoms with E-state index in [-0.39, 0.29) is 22.8 Å². The number of benzene rings is 1. The Labute approximate surface area is 114 Å². The van der Waals surface area contributed by atoms with E-state index in [4.69, 9.17) is 16.7 Å². The normalized spacial score (nSPS) is 11.6. The number of nitrogens with zero attached hydrogens (tertiary/aromatic N) is 1. The predicted molar refractivity (Wildman–Crippen MR) is 64.5 cm³/mol. The molecule has 0 saturated heterocycles. The van der Waals surface area contributed by atoms with Crippen molar-refractivity contribution in [2.45, 2.75) is 6.18 Å². The van der Waals surface area contributed by atoms with Gasteiger partial charge in [0.15, 0.2) is 0 Å². The van der Waals surface area contributed by atoms with Crippen molar-refractivity contribution in [3.63, 3.8) is 0 Å². The second-order valence-corrected chi connectivity index (χ2v) is 4.75. The SMILES string of the molecule is O=C(O)c1c(-c2ccc(Cl)cc2)nsc1C(F)(F)F. The first kappa shape index (κ1) is 13.8. The van der Waals surface area contributed by atoms with Gasteiger partial charge in [0.05, 0.1) is 5.69 Å². The van der Waals surface area contributed by atoms with E-state index in [9.17, 15) is 18.0 Å². The molecule has 1 heterocycles. The number of aromatic carboxylic acids is 1. The summed E-state index contributed by atoms with van der Waals surface area (Å²) >= 11 is 5.79. The van der Waals surface area contributed by atoms with Gasteiger partial charge >= 0.3 is 12.1 Å². The molecule has 0 spiro atoms. The van der Waals surface area contributed by atoms with E-state index in [1.54, 1.807) is 0 Å². The van der Waals surface area contributed by atoms with E-state index in [1.807, 2.05) is 0 Å². The minimum absolute atomic E-state index is 0.122. The van der Waals surface area contributed by atoms with Gasteiger partial charge in [-0.05, 0) is 23.7 Å². The van der Waals surface area contributed by atoms with Crippen LogP contribution in [0.25, 0.3) is 11.3 Å². The zero-order valence-electron chi connectivity index (χ0n) is 9.03. The number of halogens is 4. The molecule has 1 N–H and O–H groups in total. The summed E-state index contributed by atoms with van der Waals surface area (Å²) in [4.78, 5) is 9.81. The molecular formula is C11H5ClF3NO2S. The molecule has 0 radical (unpaired) electrons. The summed E-state index contributed by atoms with van der Waals surface area (Å²) in [7, 11) is 0. The van der Waals surface area contributed by atoms with Crippen LogP contribution >= 0.6 is 23.1 Å². The number of carboxylic acid groups (broad SMARTS) is 1. The zero-order chi connectivity index (χ0) is 14.2. The first-order valence-corrected chi connectivity index (χ1v) is 6.02. The van der Waals surface area contributed by atoms with Crippen molar-refractivity contribution in [1.29, 1.82) is 0 Å². The first-order valence-electron chi connectivity index (χ1n) is 4.87. The molecule has 0 bridgehead atoms. The summed E-state index contributed by atoms with van der Waals surface area (Å²) in [6, 6.07) is 5.75. The molecule has 8 heteroatoms. The van der Waals surface area contributed by atoms with E-state index in [0.717, 1.165) is 0 Å². The van der Waals surface area contributed by atoms with Crippen LogP contribution < -0.4 is 0 Å². The maximum absolute atomic E-state index is 12.7. The largest absolute Gasteiger partial charge is 0.478 e. The van der Waals surface area contributed by atoms with E-state index < -0.39 is 22.6 Å². The van der Waals surface area contributed by atoms with Crippen LogP contribution in [0.5, 0.6) is 0 Å². The summed E-state index contributed by atoms with van der Waals surface area (Å²) in [6.45, 7) is 0. The van der Waals surface area contributed by atoms with Gasteiger partial charge in [0.2, 0.25) is 0 Å². The van der Waals surface area contributed by atoms with E-state index >= 15 is 0 Å². The highest BCUT2D eigenvalue weighted by molar-refractivity contribution is 7.06. The highest BCUT2D eigenvalue weighted by Crippen LogP contribution is 2.39. The molecule has 3 nitrogen and oxygen atoms in total. The van der Waals surface area contributed by atoms with Gasteiger partial charge in [-0.25, -0.2) is 4.79 Å². The summed E-state index contributed by atoms with van der Waals surface area (Å²) in [5.41, 5.74) is -0.769. The molecule has 0 aliphatic carbocycles. The highest BCUT2D eigenvalue weighted by Gasteiger charge is 2.40. The Bertz CT molecular complexity index is 622. The summed E-state index contributed by atoms with van der Waals surface area (Å²) < 4.78 is 41.7. The number of rotatable bonds is 2. The topological polar surface area (TPSA) is 50.2 Å². The lowest BCUT2D eigenvalue weighted by atomic mass is 10.1. The summed E-state index contributed by atoms with van der Waals surface area (Å²) in [5, 5.41) is 9.35. The van der Waals surface area contributed by atoms with Gasteiger partial charge in [-0.2, -0.15) is 17.5 Å². The lowest BCUT2D eigenvalue weighted by Gasteiger charge is -2.05. The average molecular weight is 308 g/mol. The van der Waals surface area contributed by atoms with Gasteiger partial charge in [-0.15, -0.1) is 0 Å². The number of hydrogen-bond donors (Lipinski definition) is 1. The maximum Gasteiger partial charge on any atom is 0.428 e. The first-order chi connectivity index (χ1) is 8.80. The molecule has 1 aromatic heterocycles. The second kappa shape index (κ2) is 4.82. The summed E-state index contributed by atoms with van der Waals surface area (Å²) in [5.74, 6) is -1.66. The lowest BCUT2D eigenvalue weighted by molar-refractivity contribution is -0.134. The Morgan fingerprint density at radius 2 is 1.84 bits per heavy atom. The monoisotopic (exact) mass is 307 g/mol. The Kier molecular flexibility index (Phi) is 3.51. The molecule has 19 heavy (non-hydrogen) atoms. The highest BCUT2D eigenvalue weighted by atomic mass is 35.5. The minimum atomic E-state index is -4.74. The van der Waals surface area contributed by atoms with Crippen molar-refractivity contribution in [3.8, 4) is 11.3 Å². The van der Waals surface area contributed by atoms with Crippen LogP contribution in [0.1, 0.15) is 15.2 Å². The molecule has 0 amide bonds. The fourth-order valence-electron chi connectivity index (χ4n) is 1.49. The molecule has 0 saturated carbocycles. The quantitative estimate of drug-likeness (QED) is 0.905. The maximum atomic E-state index is 12.7. The van der Waals surface area contributed by atoms with Crippen LogP contribution in [-0.4, -0.2) is 15.4 Å². The molecule has 0 atom stereocenters. The van der Waals surface area contributed by atoms with E-state index in [1.165, 1.54) is 24.3 Å². The van der Waals surface area contributed by atoms with Crippen LogP contribution in [-0.2, 0) is 6.18 Å². The van der Waals surface area contributed by atoms with Crippen LogP contribution in [0, 0.1) is 0 Å². The minimum Gasteiger partial charge on any atom is -0.478 e. The van der Waals surface area contributed by atoms with Crippen molar-refractivity contribution in [2.75, 3.05) is 0 Å². The van der Waals surface area contributed by atoms with Crippen molar-refractivity contribution < 1.29 is 23.1 Å². The van der Waals surface area contributed by atoms with Gasteiger partial charge in [0, 0.05) is 10.6 Å². The van der Waals surface area contributed by atoms with Crippen LogP contribution in [0.2, 0.25) is 5.02 Å². The Balaban J connectivity index is 2.62. The average Bonchev–Trinajstić information content (AvgIpc) is 2.74. The van der Waals surface area contributed by atoms with Crippen LogP contribution in [0.4, 0.5) is 13.2 Å². The van der Waals surface area contributed by atoms with Crippen molar-refractivity contribution >= 4 is 29.1 Å².